The van der Waals surface area contributed by atoms with Crippen molar-refractivity contribution in [3.05, 3.63) is 62.0 Å². The first-order valence-electron chi connectivity index (χ1n) is 9.99. The number of amides is 1. The molecule has 0 bridgehead atoms. The number of hydrogen-bond donors (Lipinski definition) is 0. The molecular formula is C22H24ClN3O2S. The zero-order valence-electron chi connectivity index (χ0n) is 16.7. The molecule has 2 aromatic heterocycles. The van der Waals surface area contributed by atoms with Gasteiger partial charge in [-0.1, -0.05) is 36.7 Å². The number of nitrogens with zero attached hydrogens (tertiary/aromatic N) is 3. The second kappa shape index (κ2) is 8.28. The maximum Gasteiger partial charge on any atom is 0.262 e. The molecule has 5 nitrogen and oxygen atoms in total. The summed E-state index contributed by atoms with van der Waals surface area (Å²) >= 11 is 7.79. The molecule has 3 heterocycles. The quantitative estimate of drug-likeness (QED) is 0.618. The highest BCUT2D eigenvalue weighted by molar-refractivity contribution is 7.18. The lowest BCUT2D eigenvalue weighted by atomic mass is 10.0. The van der Waals surface area contributed by atoms with E-state index in [0.717, 1.165) is 45.5 Å². The summed E-state index contributed by atoms with van der Waals surface area (Å²) in [7, 11) is 0. The Kier molecular flexibility index (Phi) is 5.74. The average Bonchev–Trinajstić information content (AvgIpc) is 3.06. The fourth-order valence-corrected chi connectivity index (χ4v) is 5.46. The molecular weight excluding hydrogens is 406 g/mol. The summed E-state index contributed by atoms with van der Waals surface area (Å²) in [6, 6.07) is 7.39. The van der Waals surface area contributed by atoms with Gasteiger partial charge < -0.3 is 4.90 Å². The van der Waals surface area contributed by atoms with E-state index in [-0.39, 0.29) is 23.9 Å². The van der Waals surface area contributed by atoms with Gasteiger partial charge in [-0.3, -0.25) is 14.2 Å². The largest absolute Gasteiger partial charge is 0.340 e. The van der Waals surface area contributed by atoms with E-state index in [2.05, 4.69) is 11.9 Å². The molecule has 4 rings (SSSR count). The first-order chi connectivity index (χ1) is 14.0. The van der Waals surface area contributed by atoms with E-state index < -0.39 is 0 Å². The number of aryl methyl sites for hydroxylation is 2. The number of thiophene rings is 1. The molecule has 1 aromatic carbocycles. The van der Waals surface area contributed by atoms with Crippen LogP contribution in [0.25, 0.3) is 10.2 Å². The van der Waals surface area contributed by atoms with E-state index in [1.165, 1.54) is 0 Å². The van der Waals surface area contributed by atoms with E-state index in [1.54, 1.807) is 28.3 Å². The van der Waals surface area contributed by atoms with Gasteiger partial charge in [0.1, 0.15) is 4.83 Å². The monoisotopic (exact) mass is 429 g/mol. The molecule has 0 aliphatic carbocycles. The minimum absolute atomic E-state index is 0.0154. The van der Waals surface area contributed by atoms with Crippen LogP contribution >= 0.6 is 22.9 Å². The lowest BCUT2D eigenvalue weighted by molar-refractivity contribution is -0.132. The van der Waals surface area contributed by atoms with Gasteiger partial charge in [-0.2, -0.15) is 0 Å². The molecule has 0 unspecified atom stereocenters. The normalized spacial score (nSPS) is 17.1. The van der Waals surface area contributed by atoms with Crippen molar-refractivity contribution in [2.24, 2.45) is 0 Å². The van der Waals surface area contributed by atoms with Crippen molar-refractivity contribution in [2.75, 3.05) is 13.1 Å². The lowest BCUT2D eigenvalue weighted by Gasteiger charge is -2.33. The summed E-state index contributed by atoms with van der Waals surface area (Å²) < 4.78 is 1.74. The molecule has 1 amide bonds. The topological polar surface area (TPSA) is 55.2 Å². The van der Waals surface area contributed by atoms with Crippen LogP contribution in [0, 0.1) is 6.92 Å². The van der Waals surface area contributed by atoms with Crippen molar-refractivity contribution in [3.63, 3.8) is 0 Å². The van der Waals surface area contributed by atoms with Crippen LogP contribution in [-0.2, 0) is 17.6 Å². The zero-order valence-corrected chi connectivity index (χ0v) is 18.2. The molecule has 1 aliphatic heterocycles. The molecule has 0 radical (unpaired) electrons. The van der Waals surface area contributed by atoms with E-state index >= 15 is 0 Å². The minimum Gasteiger partial charge on any atom is -0.340 e. The predicted molar refractivity (Wildman–Crippen MR) is 118 cm³/mol. The maximum atomic E-state index is 13.2. The predicted octanol–water partition coefficient (Wildman–Crippen LogP) is 4.39. The van der Waals surface area contributed by atoms with E-state index in [4.69, 9.17) is 11.6 Å². The summed E-state index contributed by atoms with van der Waals surface area (Å²) in [5.41, 5.74) is 1.95. The fraction of sp³-hybridized carbons (Fsp3) is 0.409. The van der Waals surface area contributed by atoms with Gasteiger partial charge in [0.05, 0.1) is 24.2 Å². The van der Waals surface area contributed by atoms with Crippen molar-refractivity contribution >= 4 is 39.1 Å². The second-order valence-corrected chi connectivity index (χ2v) is 9.14. The molecule has 1 atom stereocenters. The minimum atomic E-state index is -0.0479. The summed E-state index contributed by atoms with van der Waals surface area (Å²) in [5, 5.41) is 1.36. The van der Waals surface area contributed by atoms with E-state index in [0.29, 0.717) is 18.1 Å². The summed E-state index contributed by atoms with van der Waals surface area (Å²) in [6.45, 7) is 5.36. The maximum absolute atomic E-state index is 13.2. The van der Waals surface area contributed by atoms with Gasteiger partial charge in [0, 0.05) is 23.0 Å². The van der Waals surface area contributed by atoms with Crippen molar-refractivity contribution in [1.82, 2.24) is 14.5 Å². The number of aromatic nitrogens is 2. The number of carbonyl (C=O) groups excluding carboxylic acids is 1. The highest BCUT2D eigenvalue weighted by atomic mass is 35.5. The Morgan fingerprint density at radius 1 is 1.34 bits per heavy atom. The highest BCUT2D eigenvalue weighted by Crippen LogP contribution is 2.28. The average molecular weight is 430 g/mol. The third-order valence-electron chi connectivity index (χ3n) is 5.73. The molecule has 1 fully saturated rings. The van der Waals surface area contributed by atoms with Crippen LogP contribution in [0.15, 0.2) is 35.4 Å². The Hall–Kier alpha value is -2.18. The number of halogens is 1. The van der Waals surface area contributed by atoms with Crippen molar-refractivity contribution in [2.45, 2.75) is 45.6 Å². The van der Waals surface area contributed by atoms with Crippen molar-refractivity contribution in [3.8, 4) is 0 Å². The van der Waals surface area contributed by atoms with Gasteiger partial charge in [-0.05, 0) is 43.4 Å². The number of piperidine rings is 1. The van der Waals surface area contributed by atoms with Crippen LogP contribution in [0.2, 0.25) is 5.02 Å². The van der Waals surface area contributed by atoms with Gasteiger partial charge in [-0.25, -0.2) is 4.98 Å². The highest BCUT2D eigenvalue weighted by Gasteiger charge is 2.27. The number of rotatable bonds is 4. The Morgan fingerprint density at radius 3 is 2.90 bits per heavy atom. The van der Waals surface area contributed by atoms with E-state index in [9.17, 15) is 9.59 Å². The van der Waals surface area contributed by atoms with E-state index in [1.807, 2.05) is 30.0 Å². The second-order valence-electron chi connectivity index (χ2n) is 7.53. The Balaban J connectivity index is 1.58. The molecule has 1 saturated heterocycles. The van der Waals surface area contributed by atoms with Gasteiger partial charge in [0.15, 0.2) is 0 Å². The SMILES string of the molecule is CCc1c(C)sc2ncn([C@H]3CCCN(C(=O)Cc4ccccc4Cl)C3)c(=O)c12. The third-order valence-corrected chi connectivity index (χ3v) is 7.16. The third kappa shape index (κ3) is 3.83. The van der Waals surface area contributed by atoms with Crippen LogP contribution < -0.4 is 5.56 Å². The number of benzene rings is 1. The molecule has 0 saturated carbocycles. The molecule has 7 heteroatoms. The summed E-state index contributed by atoms with van der Waals surface area (Å²) in [6.07, 6.45) is 4.50. The number of hydrogen-bond acceptors (Lipinski definition) is 4. The first kappa shape index (κ1) is 20.1. The van der Waals surface area contributed by atoms with Crippen LogP contribution in [0.4, 0.5) is 0 Å². The molecule has 0 N–H and O–H groups in total. The zero-order chi connectivity index (χ0) is 20.5. The lowest BCUT2D eigenvalue weighted by Crippen LogP contribution is -2.43. The Bertz CT molecular complexity index is 1120. The van der Waals surface area contributed by atoms with Gasteiger partial charge in [-0.15, -0.1) is 11.3 Å². The molecule has 0 spiro atoms. The summed E-state index contributed by atoms with van der Waals surface area (Å²) in [5.74, 6) is 0.0468. The van der Waals surface area contributed by atoms with Crippen LogP contribution in [0.1, 0.15) is 41.8 Å². The number of fused-ring (bicyclic) bond motifs is 1. The van der Waals surface area contributed by atoms with Gasteiger partial charge in [0.2, 0.25) is 5.91 Å². The molecule has 29 heavy (non-hydrogen) atoms. The van der Waals surface area contributed by atoms with Crippen molar-refractivity contribution < 1.29 is 4.79 Å². The first-order valence-corrected chi connectivity index (χ1v) is 11.2. The number of likely N-dealkylation sites (tertiary alicyclic amines) is 1. The van der Waals surface area contributed by atoms with Crippen LogP contribution in [0.5, 0.6) is 0 Å². The standard InChI is InChI=1S/C22H24ClN3O2S/c1-3-17-14(2)29-21-20(17)22(28)26(13-24-21)16-8-6-10-25(12-16)19(27)11-15-7-4-5-9-18(15)23/h4-5,7,9,13,16H,3,6,8,10-12H2,1-2H3/t16-/m0/s1. The molecule has 1 aliphatic rings. The van der Waals surface area contributed by atoms with Crippen LogP contribution in [0.3, 0.4) is 0 Å². The smallest absolute Gasteiger partial charge is 0.262 e. The fourth-order valence-electron chi connectivity index (χ4n) is 4.18. The Morgan fingerprint density at radius 2 is 2.14 bits per heavy atom. The van der Waals surface area contributed by atoms with Gasteiger partial charge in [0.25, 0.3) is 5.56 Å². The van der Waals surface area contributed by atoms with Gasteiger partial charge >= 0.3 is 0 Å². The number of carbonyl (C=O) groups is 1. The Labute approximate surface area is 178 Å². The summed E-state index contributed by atoms with van der Waals surface area (Å²) in [4.78, 5) is 34.5. The molecule has 152 valence electrons. The van der Waals surface area contributed by atoms with Crippen molar-refractivity contribution in [1.29, 1.82) is 0 Å². The van der Waals surface area contributed by atoms with Crippen LogP contribution in [-0.4, -0.2) is 33.4 Å². The molecule has 3 aromatic rings.